The van der Waals surface area contributed by atoms with Crippen molar-refractivity contribution in [1.82, 2.24) is 5.32 Å². The summed E-state index contributed by atoms with van der Waals surface area (Å²) in [7, 11) is -3.55. The van der Waals surface area contributed by atoms with Crippen LogP contribution in [0.25, 0.3) is 0 Å². The minimum atomic E-state index is -3.55. The smallest absolute Gasteiger partial charge is 0.319 e. The summed E-state index contributed by atoms with van der Waals surface area (Å²) < 4.78 is 31.3. The van der Waals surface area contributed by atoms with E-state index in [9.17, 15) is 13.2 Å². The second-order valence-corrected chi connectivity index (χ2v) is 10.9. The Morgan fingerprint density at radius 1 is 1.06 bits per heavy atom. The van der Waals surface area contributed by atoms with E-state index in [0.717, 1.165) is 17.5 Å². The van der Waals surface area contributed by atoms with Crippen LogP contribution in [-0.4, -0.2) is 21.1 Å². The molecule has 1 atom stereocenters. The van der Waals surface area contributed by atoms with Gasteiger partial charge in [0.2, 0.25) is 0 Å². The molecule has 1 aliphatic heterocycles. The van der Waals surface area contributed by atoms with Gasteiger partial charge >= 0.3 is 6.03 Å². The summed E-state index contributed by atoms with van der Waals surface area (Å²) in [6, 6.07) is 16.2. The zero-order valence-electron chi connectivity index (χ0n) is 18.5. The van der Waals surface area contributed by atoms with Crippen molar-refractivity contribution in [1.29, 1.82) is 0 Å². The molecule has 0 saturated heterocycles. The molecule has 0 bridgehead atoms. The third-order valence-corrected chi connectivity index (χ3v) is 8.20. The van der Waals surface area contributed by atoms with Gasteiger partial charge in [-0.1, -0.05) is 53.5 Å². The first-order valence-electron chi connectivity index (χ1n) is 10.8. The number of anilines is 1. The molecule has 0 aliphatic carbocycles. The minimum Gasteiger partial charge on any atom is -0.376 e. The predicted octanol–water partition coefficient (Wildman–Crippen LogP) is 5.92. The van der Waals surface area contributed by atoms with Crippen molar-refractivity contribution in [2.24, 2.45) is 0 Å². The molecular formula is C25H24Cl2N2O4S. The van der Waals surface area contributed by atoms with Crippen LogP contribution in [0.4, 0.5) is 10.5 Å². The fraction of sp³-hybridized carbons (Fsp3) is 0.240. The van der Waals surface area contributed by atoms with Gasteiger partial charge in [-0.05, 0) is 65.9 Å². The van der Waals surface area contributed by atoms with Gasteiger partial charge in [-0.2, -0.15) is 0 Å². The maximum atomic E-state index is 12.9. The Morgan fingerprint density at radius 2 is 1.82 bits per heavy atom. The van der Waals surface area contributed by atoms with E-state index in [4.69, 9.17) is 27.9 Å². The van der Waals surface area contributed by atoms with Gasteiger partial charge in [0.1, 0.15) is 0 Å². The molecular weight excluding hydrogens is 495 g/mol. The van der Waals surface area contributed by atoms with Crippen molar-refractivity contribution in [2.45, 2.75) is 36.6 Å². The lowest BCUT2D eigenvalue weighted by Gasteiger charge is -2.17. The molecule has 0 radical (unpaired) electrons. The van der Waals surface area contributed by atoms with E-state index in [1.807, 2.05) is 18.2 Å². The summed E-state index contributed by atoms with van der Waals surface area (Å²) in [5.74, 6) is -0.106. The average molecular weight is 519 g/mol. The third-order valence-electron chi connectivity index (χ3n) is 5.67. The zero-order chi connectivity index (χ0) is 24.3. The number of carbonyl (C=O) groups is 1. The summed E-state index contributed by atoms with van der Waals surface area (Å²) in [4.78, 5) is 12.6. The summed E-state index contributed by atoms with van der Waals surface area (Å²) in [6.07, 6.45) is 0.843. The number of halogens is 2. The van der Waals surface area contributed by atoms with Crippen LogP contribution in [0.3, 0.4) is 0 Å². The molecule has 9 heteroatoms. The van der Waals surface area contributed by atoms with Crippen LogP contribution in [0.1, 0.15) is 35.2 Å². The monoisotopic (exact) mass is 518 g/mol. The fourth-order valence-electron chi connectivity index (χ4n) is 3.86. The number of sulfone groups is 1. The Bertz CT molecular complexity index is 1310. The van der Waals surface area contributed by atoms with Gasteiger partial charge in [-0.3, -0.25) is 0 Å². The number of benzene rings is 3. The van der Waals surface area contributed by atoms with Crippen molar-refractivity contribution in [3.63, 3.8) is 0 Å². The van der Waals surface area contributed by atoms with Crippen molar-refractivity contribution < 1.29 is 17.9 Å². The summed E-state index contributed by atoms with van der Waals surface area (Å²) in [5.41, 5.74) is 4.12. The number of ether oxygens (including phenoxy) is 1. The highest BCUT2D eigenvalue weighted by Crippen LogP contribution is 2.30. The highest BCUT2D eigenvalue weighted by Gasteiger charge is 2.18. The van der Waals surface area contributed by atoms with Gasteiger partial charge in [0.25, 0.3) is 0 Å². The number of amides is 2. The van der Waals surface area contributed by atoms with Gasteiger partial charge < -0.3 is 15.4 Å². The number of hydrogen-bond acceptors (Lipinski definition) is 4. The van der Waals surface area contributed by atoms with Gasteiger partial charge in [-0.15, -0.1) is 0 Å². The third kappa shape index (κ3) is 5.73. The molecule has 2 amide bonds. The molecule has 34 heavy (non-hydrogen) atoms. The number of hydrogen-bond donors (Lipinski definition) is 2. The lowest BCUT2D eigenvalue weighted by Crippen LogP contribution is -2.31. The fourth-order valence-corrected chi connectivity index (χ4v) is 5.66. The van der Waals surface area contributed by atoms with Crippen LogP contribution in [-0.2, 0) is 33.4 Å². The van der Waals surface area contributed by atoms with Crippen LogP contribution in [0, 0.1) is 0 Å². The largest absolute Gasteiger partial charge is 0.376 e. The van der Waals surface area contributed by atoms with Gasteiger partial charge in [0.05, 0.1) is 39.9 Å². The quantitative estimate of drug-likeness (QED) is 0.423. The molecule has 1 heterocycles. The molecule has 0 fully saturated rings. The van der Waals surface area contributed by atoms with Crippen LogP contribution >= 0.6 is 23.2 Å². The molecule has 0 aromatic heterocycles. The highest BCUT2D eigenvalue weighted by atomic mass is 35.5. The number of fused-ring (bicyclic) bond motifs is 1. The lowest BCUT2D eigenvalue weighted by atomic mass is 10.0. The summed E-state index contributed by atoms with van der Waals surface area (Å²) in [6.45, 7) is 2.99. The van der Waals surface area contributed by atoms with Crippen molar-refractivity contribution >= 4 is 44.8 Å². The second-order valence-electron chi connectivity index (χ2n) is 8.15. The second kappa shape index (κ2) is 10.4. The van der Waals surface area contributed by atoms with Gasteiger partial charge in [0, 0.05) is 5.69 Å². The average Bonchev–Trinajstić information content (AvgIpc) is 2.80. The Balaban J connectivity index is 1.39. The zero-order valence-corrected chi connectivity index (χ0v) is 20.8. The normalized spacial score (nSPS) is 14.2. The van der Waals surface area contributed by atoms with E-state index >= 15 is 0 Å². The van der Waals surface area contributed by atoms with E-state index in [-0.39, 0.29) is 16.7 Å². The number of rotatable bonds is 6. The highest BCUT2D eigenvalue weighted by molar-refractivity contribution is 7.90. The number of urea groups is 1. The van der Waals surface area contributed by atoms with Crippen molar-refractivity contribution in [2.75, 3.05) is 11.9 Å². The number of nitrogens with one attached hydrogen (secondary N) is 2. The molecule has 0 saturated carbocycles. The SMILES string of the molecule is C[C@H](NC(=O)Nc1ccc(S(=O)(=O)Cc2ccc3c(c2)COCC3)cc1)c1cccc(Cl)c1Cl. The molecule has 2 N–H and O–H groups in total. The van der Waals surface area contributed by atoms with Crippen LogP contribution in [0.5, 0.6) is 0 Å². The molecule has 0 unspecified atom stereocenters. The Labute approximate surface area is 209 Å². The molecule has 4 rings (SSSR count). The Hall–Kier alpha value is -2.58. The van der Waals surface area contributed by atoms with E-state index in [1.54, 1.807) is 37.3 Å². The van der Waals surface area contributed by atoms with Crippen LogP contribution in [0.15, 0.2) is 65.6 Å². The first-order chi connectivity index (χ1) is 16.2. The number of carbonyl (C=O) groups excluding carboxylic acids is 1. The van der Waals surface area contributed by atoms with Gasteiger partial charge in [0.15, 0.2) is 9.84 Å². The first kappa shape index (κ1) is 24.5. The van der Waals surface area contributed by atoms with Crippen LogP contribution in [0.2, 0.25) is 10.0 Å². The topological polar surface area (TPSA) is 84.5 Å². The maximum Gasteiger partial charge on any atom is 0.319 e. The lowest BCUT2D eigenvalue weighted by molar-refractivity contribution is 0.110. The molecule has 6 nitrogen and oxygen atoms in total. The van der Waals surface area contributed by atoms with Gasteiger partial charge in [-0.25, -0.2) is 13.2 Å². The molecule has 0 spiro atoms. The summed E-state index contributed by atoms with van der Waals surface area (Å²) in [5, 5.41) is 6.30. The Kier molecular flexibility index (Phi) is 7.48. The van der Waals surface area contributed by atoms with Crippen molar-refractivity contribution in [3.05, 3.63) is 93.0 Å². The first-order valence-corrected chi connectivity index (χ1v) is 13.2. The molecule has 178 valence electrons. The van der Waals surface area contributed by atoms with Crippen LogP contribution < -0.4 is 10.6 Å². The summed E-state index contributed by atoms with van der Waals surface area (Å²) >= 11 is 12.3. The molecule has 3 aromatic carbocycles. The van der Waals surface area contributed by atoms with E-state index < -0.39 is 15.9 Å². The van der Waals surface area contributed by atoms with E-state index in [1.165, 1.54) is 17.7 Å². The predicted molar refractivity (Wildman–Crippen MR) is 134 cm³/mol. The van der Waals surface area contributed by atoms with E-state index in [2.05, 4.69) is 10.6 Å². The van der Waals surface area contributed by atoms with E-state index in [0.29, 0.717) is 34.5 Å². The standard InChI is InChI=1S/C25H24Cl2N2O4S/c1-16(22-3-2-4-23(26)24(22)27)28-25(30)29-20-7-9-21(10-8-20)34(31,32)15-17-5-6-18-11-12-33-14-19(18)13-17/h2-10,13,16H,11-12,14-15H2,1H3,(H2,28,29,30)/t16-/m0/s1. The molecule has 1 aliphatic rings. The minimum absolute atomic E-state index is 0.106. The maximum absolute atomic E-state index is 12.9. The Morgan fingerprint density at radius 3 is 2.59 bits per heavy atom. The molecule has 3 aromatic rings. The van der Waals surface area contributed by atoms with Crippen molar-refractivity contribution in [3.8, 4) is 0 Å².